The molecule has 2 heterocycles. The molecule has 50 heavy (non-hydrogen) atoms. The molecule has 0 N–H and O–H groups in total. The van der Waals surface area contributed by atoms with Gasteiger partial charge in [-0.25, -0.2) is 0 Å². The fourth-order valence-corrected chi connectivity index (χ4v) is 5.81. The number of benzene rings is 6. The van der Waals surface area contributed by atoms with Gasteiger partial charge in [0, 0.05) is 21.2 Å². The molecule has 0 fully saturated rings. The summed E-state index contributed by atoms with van der Waals surface area (Å²) in [7, 11) is 3.32. The van der Waals surface area contributed by atoms with Crippen molar-refractivity contribution in [3.8, 4) is 68.2 Å². The highest BCUT2D eigenvalue weighted by Gasteiger charge is 2.27. The summed E-state index contributed by atoms with van der Waals surface area (Å²) < 4.78 is 11.9. The minimum atomic E-state index is 0.592. The first-order valence-corrected chi connectivity index (χ1v) is 16.1. The zero-order valence-electron chi connectivity index (χ0n) is 27.4. The van der Waals surface area contributed by atoms with Crippen molar-refractivity contribution in [3.05, 3.63) is 158 Å². The lowest BCUT2D eigenvalue weighted by molar-refractivity contribution is -0.734. The third-order valence-corrected chi connectivity index (χ3v) is 8.28. The monoisotopic (exact) mass is 656 g/mol. The first kappa shape index (κ1) is 30.4. The predicted octanol–water partition coefficient (Wildman–Crippen LogP) is 6.42. The molecule has 242 valence electrons. The highest BCUT2D eigenvalue weighted by molar-refractivity contribution is 5.74. The summed E-state index contributed by atoms with van der Waals surface area (Å²) >= 11 is 0. The van der Waals surface area contributed by atoms with E-state index in [0.717, 1.165) is 45.0 Å². The van der Waals surface area contributed by atoms with E-state index in [-0.39, 0.29) is 0 Å². The SMILES string of the molecule is COc1cc(-[n+]2nc(-c3ccccc3)nn2-c2ccccc2)ccc1-c1ccc(-[n+]2nc(-c3ccccc3)nn2-c2ccccc2)c(OC)c1. The number of aromatic nitrogens is 8. The molecule has 0 aliphatic carbocycles. The Hall–Kier alpha value is -6.94. The summed E-state index contributed by atoms with van der Waals surface area (Å²) in [5.74, 6) is 2.48. The van der Waals surface area contributed by atoms with Crippen LogP contribution >= 0.6 is 0 Å². The van der Waals surface area contributed by atoms with Gasteiger partial charge in [0.2, 0.25) is 5.69 Å². The van der Waals surface area contributed by atoms with Gasteiger partial charge in [-0.15, -0.1) is 0 Å². The fourth-order valence-electron chi connectivity index (χ4n) is 5.81. The number of hydrogen-bond acceptors (Lipinski definition) is 6. The number of ether oxygens (including phenoxy) is 2. The molecule has 0 aliphatic rings. The lowest BCUT2D eigenvalue weighted by Gasteiger charge is -2.12. The van der Waals surface area contributed by atoms with Crippen molar-refractivity contribution < 1.29 is 19.1 Å². The Morgan fingerprint density at radius 3 is 1.50 bits per heavy atom. The molecule has 0 radical (unpaired) electrons. The van der Waals surface area contributed by atoms with E-state index in [0.29, 0.717) is 23.1 Å². The standard InChI is InChI=1S/C40H32N8O2/c1-49-37-28-34(47-43-39(29-15-7-3-8-16-29)41-45(47)32-19-11-5-12-20-32)24-25-35(37)31-23-26-36(38(27-31)50-2)48-44-40(30-17-9-4-10-18-30)42-46(48)33-21-13-6-14-22-33/h3-28H,1-2H3/q+2. The Morgan fingerprint density at radius 1 is 0.460 bits per heavy atom. The highest BCUT2D eigenvalue weighted by atomic mass is 16.5. The maximum absolute atomic E-state index is 5.98. The zero-order valence-corrected chi connectivity index (χ0v) is 27.4. The van der Waals surface area contributed by atoms with Gasteiger partial charge >= 0.3 is 11.6 Å². The van der Waals surface area contributed by atoms with E-state index in [1.54, 1.807) is 33.4 Å². The van der Waals surface area contributed by atoms with Crippen LogP contribution in [0.5, 0.6) is 11.5 Å². The molecule has 8 aromatic rings. The lowest BCUT2D eigenvalue weighted by atomic mass is 10.0. The van der Waals surface area contributed by atoms with E-state index in [1.165, 1.54) is 0 Å². The van der Waals surface area contributed by atoms with E-state index in [1.807, 2.05) is 158 Å². The molecule has 0 unspecified atom stereocenters. The normalized spacial score (nSPS) is 11.0. The molecule has 6 aromatic carbocycles. The number of hydrogen-bond donors (Lipinski definition) is 0. The molecular formula is C40H32N8O2+2. The van der Waals surface area contributed by atoms with Gasteiger partial charge in [-0.3, -0.25) is 0 Å². The average molecular weight is 657 g/mol. The predicted molar refractivity (Wildman–Crippen MR) is 189 cm³/mol. The Morgan fingerprint density at radius 2 is 0.960 bits per heavy atom. The van der Waals surface area contributed by atoms with Gasteiger partial charge in [-0.2, -0.15) is 0 Å². The number of rotatable bonds is 9. The van der Waals surface area contributed by atoms with Gasteiger partial charge in [-0.1, -0.05) is 72.8 Å². The van der Waals surface area contributed by atoms with Gasteiger partial charge in [0.25, 0.3) is 0 Å². The Balaban J connectivity index is 1.21. The minimum Gasteiger partial charge on any atom is -0.496 e. The smallest absolute Gasteiger partial charge is 0.340 e. The van der Waals surface area contributed by atoms with Crippen LogP contribution < -0.4 is 19.1 Å². The highest BCUT2D eigenvalue weighted by Crippen LogP contribution is 2.35. The van der Waals surface area contributed by atoms with Crippen LogP contribution in [0.3, 0.4) is 0 Å². The first-order chi connectivity index (χ1) is 24.7. The molecule has 0 spiro atoms. The van der Waals surface area contributed by atoms with Crippen LogP contribution in [0.25, 0.3) is 56.7 Å². The van der Waals surface area contributed by atoms with Crippen LogP contribution in [-0.4, -0.2) is 44.2 Å². The van der Waals surface area contributed by atoms with Crippen LogP contribution in [0, 0.1) is 0 Å². The summed E-state index contributed by atoms with van der Waals surface area (Å²) in [4.78, 5) is 7.11. The third kappa shape index (κ3) is 5.75. The first-order valence-electron chi connectivity index (χ1n) is 16.1. The van der Waals surface area contributed by atoms with E-state index in [4.69, 9.17) is 29.9 Å². The Labute approximate surface area is 288 Å². The maximum Gasteiger partial charge on any atom is 0.340 e. The number of para-hydroxylation sites is 2. The topological polar surface area (TPSA) is 87.6 Å². The van der Waals surface area contributed by atoms with Crippen molar-refractivity contribution in [1.29, 1.82) is 0 Å². The second kappa shape index (κ2) is 13.3. The Kier molecular flexibility index (Phi) is 8.08. The summed E-state index contributed by atoms with van der Waals surface area (Å²) in [6, 6.07) is 51.7. The molecule has 0 atom stereocenters. The molecule has 0 amide bonds. The lowest BCUT2D eigenvalue weighted by Crippen LogP contribution is -2.43. The molecule has 10 heteroatoms. The summed E-state index contributed by atoms with van der Waals surface area (Å²) in [5, 5.41) is 19.6. The van der Waals surface area contributed by atoms with Crippen LogP contribution in [0.2, 0.25) is 0 Å². The van der Waals surface area contributed by atoms with Crippen molar-refractivity contribution in [2.75, 3.05) is 14.2 Å². The number of nitrogens with zero attached hydrogens (tertiary/aromatic N) is 8. The van der Waals surface area contributed by atoms with E-state index >= 15 is 0 Å². The van der Waals surface area contributed by atoms with E-state index in [9.17, 15) is 0 Å². The van der Waals surface area contributed by atoms with Crippen molar-refractivity contribution in [2.24, 2.45) is 0 Å². The van der Waals surface area contributed by atoms with E-state index in [2.05, 4.69) is 0 Å². The molecule has 0 saturated heterocycles. The van der Waals surface area contributed by atoms with Crippen molar-refractivity contribution in [3.63, 3.8) is 0 Å². The fraction of sp³-hybridized carbons (Fsp3) is 0.0500. The Bertz CT molecular complexity index is 2390. The van der Waals surface area contributed by atoms with Crippen LogP contribution in [0.1, 0.15) is 0 Å². The zero-order chi connectivity index (χ0) is 33.9. The average Bonchev–Trinajstić information content (AvgIpc) is 3.85. The summed E-state index contributed by atoms with van der Waals surface area (Å²) in [6.07, 6.45) is 0. The summed E-state index contributed by atoms with van der Waals surface area (Å²) in [6.45, 7) is 0. The minimum absolute atomic E-state index is 0.592. The molecule has 10 nitrogen and oxygen atoms in total. The molecule has 0 saturated carbocycles. The molecule has 0 aliphatic heterocycles. The van der Waals surface area contributed by atoms with Crippen molar-refractivity contribution >= 4 is 0 Å². The van der Waals surface area contributed by atoms with Gasteiger partial charge in [0.15, 0.2) is 11.4 Å². The van der Waals surface area contributed by atoms with Gasteiger partial charge in [0.05, 0.1) is 35.5 Å². The summed E-state index contributed by atoms with van der Waals surface area (Å²) in [5.41, 5.74) is 6.87. The van der Waals surface area contributed by atoms with Crippen LogP contribution in [-0.2, 0) is 0 Å². The number of tetrazole rings is 2. The largest absolute Gasteiger partial charge is 0.496 e. The van der Waals surface area contributed by atoms with Crippen molar-refractivity contribution in [1.82, 2.24) is 30.0 Å². The quantitative estimate of drug-likeness (QED) is 0.167. The molecular weight excluding hydrogens is 624 g/mol. The molecule has 8 rings (SSSR count). The maximum atomic E-state index is 5.98. The second-order valence-corrected chi connectivity index (χ2v) is 11.4. The molecule has 0 bridgehead atoms. The van der Waals surface area contributed by atoms with Gasteiger partial charge in [-0.05, 0) is 104 Å². The van der Waals surface area contributed by atoms with Crippen molar-refractivity contribution in [2.45, 2.75) is 0 Å². The number of methoxy groups -OCH3 is 2. The van der Waals surface area contributed by atoms with Crippen LogP contribution in [0.4, 0.5) is 0 Å². The van der Waals surface area contributed by atoms with Gasteiger partial charge < -0.3 is 9.47 Å². The van der Waals surface area contributed by atoms with Crippen LogP contribution in [0.15, 0.2) is 158 Å². The second-order valence-electron chi connectivity index (χ2n) is 11.4. The van der Waals surface area contributed by atoms with Gasteiger partial charge in [0.1, 0.15) is 17.1 Å². The molecule has 2 aromatic heterocycles. The third-order valence-electron chi connectivity index (χ3n) is 8.28. The van der Waals surface area contributed by atoms with E-state index < -0.39 is 0 Å².